The number of nitrogens with zero attached hydrogens (tertiary/aromatic N) is 1. The van der Waals surface area contributed by atoms with Gasteiger partial charge >= 0.3 is 0 Å². The molecule has 1 aromatic rings. The van der Waals surface area contributed by atoms with Gasteiger partial charge < -0.3 is 10.7 Å². The van der Waals surface area contributed by atoms with Crippen molar-refractivity contribution < 1.29 is 0 Å². The minimum absolute atomic E-state index is 0.300. The normalized spacial score (nSPS) is 9.20. The van der Waals surface area contributed by atoms with E-state index < -0.39 is 0 Å². The van der Waals surface area contributed by atoms with Crippen LogP contribution in [0.4, 0.5) is 0 Å². The summed E-state index contributed by atoms with van der Waals surface area (Å²) in [7, 11) is 0. The largest absolute Gasteiger partial charge is 0.388 e. The van der Waals surface area contributed by atoms with E-state index in [4.69, 9.17) is 30.2 Å². The van der Waals surface area contributed by atoms with Crippen LogP contribution in [0, 0.1) is 4.77 Å². The van der Waals surface area contributed by atoms with Crippen LogP contribution in [0.1, 0.15) is 5.69 Å². The Labute approximate surface area is 68.3 Å². The average Bonchev–Trinajstić information content (AvgIpc) is 1.88. The lowest BCUT2D eigenvalue weighted by Gasteiger charge is -1.94. The van der Waals surface area contributed by atoms with Gasteiger partial charge in [-0.05, 0) is 18.3 Å². The average molecular weight is 171 g/mol. The molecule has 1 heterocycles. The maximum absolute atomic E-state index is 5.31. The van der Waals surface area contributed by atoms with Crippen LogP contribution >= 0.6 is 24.4 Å². The molecule has 0 fully saturated rings. The smallest absolute Gasteiger partial charge is 0.197 e. The van der Waals surface area contributed by atoms with Gasteiger partial charge in [-0.1, -0.05) is 12.2 Å². The fourth-order valence-electron chi connectivity index (χ4n) is 0.512. The predicted octanol–water partition coefficient (Wildman–Crippen LogP) is 0.773. The molecule has 10 heavy (non-hydrogen) atoms. The van der Waals surface area contributed by atoms with Crippen LogP contribution in [0.2, 0.25) is 0 Å². The molecule has 3 N–H and O–H groups in total. The number of aromatic nitrogens is 2. The first-order valence-corrected chi connectivity index (χ1v) is 3.37. The maximum Gasteiger partial charge on any atom is 0.197 e. The van der Waals surface area contributed by atoms with E-state index in [1.54, 1.807) is 12.3 Å². The summed E-state index contributed by atoms with van der Waals surface area (Å²) in [5.74, 6) is 0. The highest BCUT2D eigenvalue weighted by molar-refractivity contribution is 7.80. The number of H-pyrrole nitrogens is 1. The third-order valence-electron chi connectivity index (χ3n) is 0.940. The Kier molecular flexibility index (Phi) is 2.08. The Hall–Kier alpha value is -0.810. The molecule has 0 aromatic carbocycles. The van der Waals surface area contributed by atoms with Gasteiger partial charge in [0.15, 0.2) is 4.77 Å². The van der Waals surface area contributed by atoms with Gasteiger partial charge in [0.25, 0.3) is 0 Å². The lowest BCUT2D eigenvalue weighted by molar-refractivity contribution is 1.12. The molecule has 0 aliphatic heterocycles. The zero-order chi connectivity index (χ0) is 7.56. The summed E-state index contributed by atoms with van der Waals surface area (Å²) < 4.78 is 0.394. The van der Waals surface area contributed by atoms with Gasteiger partial charge in [-0.2, -0.15) is 0 Å². The van der Waals surface area contributed by atoms with Crippen molar-refractivity contribution in [3.8, 4) is 0 Å². The molecule has 0 amide bonds. The van der Waals surface area contributed by atoms with E-state index in [-0.39, 0.29) is 0 Å². The number of thiocarbonyl (C=S) groups is 1. The van der Waals surface area contributed by atoms with Gasteiger partial charge in [0, 0.05) is 6.20 Å². The van der Waals surface area contributed by atoms with Gasteiger partial charge in [0.05, 0.1) is 5.69 Å². The second-order valence-electron chi connectivity index (χ2n) is 1.65. The van der Waals surface area contributed by atoms with Crippen molar-refractivity contribution in [2.45, 2.75) is 0 Å². The van der Waals surface area contributed by atoms with Gasteiger partial charge in [0.1, 0.15) is 4.99 Å². The third kappa shape index (κ3) is 1.58. The van der Waals surface area contributed by atoms with Crippen molar-refractivity contribution in [1.82, 2.24) is 9.97 Å². The number of hydrogen-bond acceptors (Lipinski definition) is 3. The fraction of sp³-hybridized carbons (Fsp3) is 0. The van der Waals surface area contributed by atoms with E-state index in [1.165, 1.54) is 0 Å². The molecule has 0 aliphatic rings. The molecule has 0 atom stereocenters. The predicted molar refractivity (Wildman–Crippen MR) is 45.3 cm³/mol. The summed E-state index contributed by atoms with van der Waals surface area (Å²) in [5.41, 5.74) is 5.96. The molecule has 52 valence electrons. The number of rotatable bonds is 1. The molecule has 0 radical (unpaired) electrons. The van der Waals surface area contributed by atoms with E-state index in [0.717, 1.165) is 0 Å². The number of aromatic amines is 1. The summed E-state index contributed by atoms with van der Waals surface area (Å²) >= 11 is 9.43. The molecular weight excluding hydrogens is 166 g/mol. The van der Waals surface area contributed by atoms with E-state index in [1.807, 2.05) is 0 Å². The summed E-state index contributed by atoms with van der Waals surface area (Å²) in [6.07, 6.45) is 1.56. The van der Waals surface area contributed by atoms with Crippen molar-refractivity contribution in [2.24, 2.45) is 5.73 Å². The lowest BCUT2D eigenvalue weighted by Crippen LogP contribution is -2.11. The summed E-state index contributed by atoms with van der Waals surface area (Å²) in [5, 5.41) is 0. The maximum atomic E-state index is 5.31. The molecule has 0 bridgehead atoms. The van der Waals surface area contributed by atoms with Crippen LogP contribution in [-0.2, 0) is 0 Å². The molecule has 1 rings (SSSR count). The highest BCUT2D eigenvalue weighted by atomic mass is 32.1. The number of nitrogens with one attached hydrogen (secondary N) is 1. The van der Waals surface area contributed by atoms with Gasteiger partial charge in [-0.15, -0.1) is 0 Å². The Balaban J connectivity index is 3.20. The molecule has 3 nitrogen and oxygen atoms in total. The van der Waals surface area contributed by atoms with E-state index >= 15 is 0 Å². The quantitative estimate of drug-likeness (QED) is 0.613. The van der Waals surface area contributed by atoms with E-state index in [0.29, 0.717) is 15.5 Å². The first-order chi connectivity index (χ1) is 4.70. The van der Waals surface area contributed by atoms with Crippen molar-refractivity contribution in [3.05, 3.63) is 22.7 Å². The molecule has 0 unspecified atom stereocenters. The molecule has 0 saturated heterocycles. The minimum atomic E-state index is 0.300. The Bertz CT molecular complexity index is 304. The Morgan fingerprint density at radius 1 is 1.70 bits per heavy atom. The molecular formula is C5H5N3S2. The second kappa shape index (κ2) is 2.85. The van der Waals surface area contributed by atoms with Crippen LogP contribution in [-0.4, -0.2) is 15.0 Å². The Morgan fingerprint density at radius 2 is 2.40 bits per heavy atom. The summed E-state index contributed by atoms with van der Waals surface area (Å²) in [4.78, 5) is 6.81. The monoisotopic (exact) mass is 171 g/mol. The molecule has 0 saturated carbocycles. The molecule has 5 heteroatoms. The zero-order valence-corrected chi connectivity index (χ0v) is 6.63. The zero-order valence-electron chi connectivity index (χ0n) is 5.00. The van der Waals surface area contributed by atoms with Crippen molar-refractivity contribution in [2.75, 3.05) is 0 Å². The van der Waals surface area contributed by atoms with Crippen LogP contribution in [0.5, 0.6) is 0 Å². The molecule has 1 aromatic heterocycles. The molecule has 0 spiro atoms. The third-order valence-corrected chi connectivity index (χ3v) is 1.37. The van der Waals surface area contributed by atoms with Crippen LogP contribution in [0.15, 0.2) is 12.3 Å². The lowest BCUT2D eigenvalue weighted by atomic mass is 10.4. The minimum Gasteiger partial charge on any atom is -0.388 e. The summed E-state index contributed by atoms with van der Waals surface area (Å²) in [6, 6.07) is 1.68. The molecule has 0 aliphatic carbocycles. The first-order valence-electron chi connectivity index (χ1n) is 2.55. The highest BCUT2D eigenvalue weighted by Crippen LogP contribution is 1.90. The van der Waals surface area contributed by atoms with Crippen LogP contribution in [0.25, 0.3) is 0 Å². The number of hydrogen-bond donors (Lipinski definition) is 2. The van der Waals surface area contributed by atoms with Crippen molar-refractivity contribution in [3.63, 3.8) is 0 Å². The summed E-state index contributed by atoms with van der Waals surface area (Å²) in [6.45, 7) is 0. The Morgan fingerprint density at radius 3 is 2.80 bits per heavy atom. The van der Waals surface area contributed by atoms with Crippen molar-refractivity contribution >= 4 is 29.4 Å². The first kappa shape index (κ1) is 7.30. The van der Waals surface area contributed by atoms with Gasteiger partial charge in [-0.25, -0.2) is 4.98 Å². The second-order valence-corrected chi connectivity index (χ2v) is 2.48. The van der Waals surface area contributed by atoms with E-state index in [9.17, 15) is 0 Å². The van der Waals surface area contributed by atoms with Gasteiger partial charge in [0.2, 0.25) is 0 Å². The van der Waals surface area contributed by atoms with E-state index in [2.05, 4.69) is 9.97 Å². The number of nitrogens with two attached hydrogens (primary N) is 1. The van der Waals surface area contributed by atoms with Gasteiger partial charge in [-0.3, -0.25) is 0 Å². The SMILES string of the molecule is NC(=S)c1ccnc(=S)[nH]1. The highest BCUT2D eigenvalue weighted by Gasteiger charge is 1.92. The fourth-order valence-corrected chi connectivity index (χ4v) is 0.802. The standard InChI is InChI=1S/C5H5N3S2/c6-4(9)3-1-2-7-5(10)8-3/h1-2H,(H2,6,9)(H,7,8,10). The van der Waals surface area contributed by atoms with Crippen LogP contribution < -0.4 is 5.73 Å². The van der Waals surface area contributed by atoms with Crippen molar-refractivity contribution in [1.29, 1.82) is 0 Å². The topological polar surface area (TPSA) is 54.7 Å². The van der Waals surface area contributed by atoms with Crippen LogP contribution in [0.3, 0.4) is 0 Å².